The maximum Gasteiger partial charge on any atom is 0.191 e. The molecule has 1 aromatic carbocycles. The number of hydrogen-bond acceptors (Lipinski definition) is 4. The van der Waals surface area contributed by atoms with Gasteiger partial charge in [0.15, 0.2) is 11.0 Å². The van der Waals surface area contributed by atoms with Gasteiger partial charge in [-0.15, -0.1) is 16.8 Å². The van der Waals surface area contributed by atoms with Gasteiger partial charge in [0.1, 0.15) is 0 Å². The third kappa shape index (κ3) is 2.80. The molecule has 3 rings (SSSR count). The van der Waals surface area contributed by atoms with E-state index in [0.717, 1.165) is 39.7 Å². The number of rotatable bonds is 7. The standard InChI is InChI=1S/C16H18N4OS/c1-3-10-22-16-19-18-15(20(16)8-9-21-2)13-11-17-14-7-5-4-6-12(13)14/h3-7,11,17H,1,8-10H2,2H3. The van der Waals surface area contributed by atoms with E-state index >= 15 is 0 Å². The summed E-state index contributed by atoms with van der Waals surface area (Å²) in [6, 6.07) is 8.20. The second kappa shape index (κ2) is 6.81. The fourth-order valence-electron chi connectivity index (χ4n) is 2.37. The van der Waals surface area contributed by atoms with Crippen LogP contribution >= 0.6 is 11.8 Å². The number of methoxy groups -OCH3 is 1. The maximum absolute atomic E-state index is 5.22. The lowest BCUT2D eigenvalue weighted by atomic mass is 10.1. The lowest BCUT2D eigenvalue weighted by Crippen LogP contribution is -2.07. The highest BCUT2D eigenvalue weighted by molar-refractivity contribution is 7.99. The fraction of sp³-hybridized carbons (Fsp3) is 0.250. The molecule has 0 unspecified atom stereocenters. The highest BCUT2D eigenvalue weighted by Gasteiger charge is 2.16. The van der Waals surface area contributed by atoms with E-state index in [1.807, 2.05) is 24.4 Å². The van der Waals surface area contributed by atoms with Crippen LogP contribution in [0, 0.1) is 0 Å². The van der Waals surface area contributed by atoms with Crippen LogP contribution < -0.4 is 0 Å². The van der Waals surface area contributed by atoms with Crippen molar-refractivity contribution in [1.82, 2.24) is 19.7 Å². The van der Waals surface area contributed by atoms with Gasteiger partial charge in [0.05, 0.1) is 13.2 Å². The van der Waals surface area contributed by atoms with Gasteiger partial charge in [0.2, 0.25) is 0 Å². The Morgan fingerprint density at radius 2 is 2.23 bits per heavy atom. The molecule has 0 atom stereocenters. The summed E-state index contributed by atoms with van der Waals surface area (Å²) in [5.74, 6) is 1.67. The number of ether oxygens (including phenoxy) is 1. The Balaban J connectivity index is 2.05. The molecule has 2 heterocycles. The van der Waals surface area contributed by atoms with E-state index in [-0.39, 0.29) is 0 Å². The van der Waals surface area contributed by atoms with E-state index < -0.39 is 0 Å². The molecule has 0 aliphatic carbocycles. The predicted molar refractivity (Wildman–Crippen MR) is 90.1 cm³/mol. The zero-order valence-corrected chi connectivity index (χ0v) is 13.3. The SMILES string of the molecule is C=CCSc1nnc(-c2c[nH]c3ccccc23)n1CCOC. The van der Waals surface area contributed by atoms with E-state index in [9.17, 15) is 0 Å². The van der Waals surface area contributed by atoms with Gasteiger partial charge in [-0.2, -0.15) is 0 Å². The van der Waals surface area contributed by atoms with Gasteiger partial charge in [-0.25, -0.2) is 0 Å². The summed E-state index contributed by atoms with van der Waals surface area (Å²) < 4.78 is 7.33. The fourth-order valence-corrected chi connectivity index (χ4v) is 3.07. The minimum atomic E-state index is 0.620. The zero-order valence-electron chi connectivity index (χ0n) is 12.5. The van der Waals surface area contributed by atoms with Gasteiger partial charge < -0.3 is 9.72 Å². The van der Waals surface area contributed by atoms with Gasteiger partial charge in [0.25, 0.3) is 0 Å². The van der Waals surface area contributed by atoms with Crippen LogP contribution in [0.15, 0.2) is 48.3 Å². The normalized spacial score (nSPS) is 11.1. The molecule has 114 valence electrons. The van der Waals surface area contributed by atoms with Gasteiger partial charge in [-0.1, -0.05) is 36.0 Å². The molecule has 0 spiro atoms. The number of nitrogens with one attached hydrogen (secondary N) is 1. The summed E-state index contributed by atoms with van der Waals surface area (Å²) in [5.41, 5.74) is 2.16. The molecule has 0 aliphatic rings. The molecular weight excluding hydrogens is 296 g/mol. The number of H-pyrrole nitrogens is 1. The monoisotopic (exact) mass is 314 g/mol. The van der Waals surface area contributed by atoms with Crippen molar-refractivity contribution in [3.63, 3.8) is 0 Å². The van der Waals surface area contributed by atoms with Crippen molar-refractivity contribution >= 4 is 22.7 Å². The lowest BCUT2D eigenvalue weighted by molar-refractivity contribution is 0.185. The van der Waals surface area contributed by atoms with Crippen LogP contribution in [0.5, 0.6) is 0 Å². The minimum absolute atomic E-state index is 0.620. The van der Waals surface area contributed by atoms with Crippen molar-refractivity contribution in [1.29, 1.82) is 0 Å². The first-order valence-corrected chi connectivity index (χ1v) is 8.06. The molecule has 2 aromatic heterocycles. The zero-order chi connectivity index (χ0) is 15.4. The number of aromatic nitrogens is 4. The van der Waals surface area contributed by atoms with Crippen LogP contribution in [-0.4, -0.2) is 39.2 Å². The molecule has 0 aliphatic heterocycles. The molecule has 22 heavy (non-hydrogen) atoms. The van der Waals surface area contributed by atoms with Crippen molar-refractivity contribution in [2.45, 2.75) is 11.7 Å². The summed E-state index contributed by atoms with van der Waals surface area (Å²) in [5, 5.41) is 10.8. The van der Waals surface area contributed by atoms with Gasteiger partial charge in [-0.3, -0.25) is 4.57 Å². The Morgan fingerprint density at radius 3 is 3.05 bits per heavy atom. The lowest BCUT2D eigenvalue weighted by Gasteiger charge is -2.08. The third-order valence-corrected chi connectivity index (χ3v) is 4.36. The first-order valence-electron chi connectivity index (χ1n) is 7.07. The number of nitrogens with zero attached hydrogens (tertiary/aromatic N) is 3. The molecule has 0 radical (unpaired) electrons. The van der Waals surface area contributed by atoms with E-state index in [1.165, 1.54) is 0 Å². The van der Waals surface area contributed by atoms with Crippen molar-refractivity contribution in [3.8, 4) is 11.4 Å². The molecule has 3 aromatic rings. The number of thioether (sulfide) groups is 1. The summed E-state index contributed by atoms with van der Waals surface area (Å²) in [6.07, 6.45) is 3.85. The van der Waals surface area contributed by atoms with E-state index in [2.05, 4.69) is 38.5 Å². The third-order valence-electron chi connectivity index (χ3n) is 3.40. The Morgan fingerprint density at radius 1 is 1.36 bits per heavy atom. The Hall–Kier alpha value is -2.05. The van der Waals surface area contributed by atoms with E-state index in [0.29, 0.717) is 6.61 Å². The molecule has 6 heteroatoms. The van der Waals surface area contributed by atoms with E-state index in [1.54, 1.807) is 18.9 Å². The van der Waals surface area contributed by atoms with Crippen molar-refractivity contribution in [2.24, 2.45) is 0 Å². The van der Waals surface area contributed by atoms with Crippen molar-refractivity contribution in [3.05, 3.63) is 43.1 Å². The van der Waals surface area contributed by atoms with Crippen LogP contribution in [0.2, 0.25) is 0 Å². The van der Waals surface area contributed by atoms with Crippen molar-refractivity contribution in [2.75, 3.05) is 19.5 Å². The Kier molecular flexibility index (Phi) is 4.60. The van der Waals surface area contributed by atoms with Crippen LogP contribution in [0.1, 0.15) is 0 Å². The second-order valence-corrected chi connectivity index (χ2v) is 5.79. The summed E-state index contributed by atoms with van der Waals surface area (Å²) in [6.45, 7) is 5.10. The Labute approximate surface area is 133 Å². The van der Waals surface area contributed by atoms with Crippen LogP contribution in [0.4, 0.5) is 0 Å². The number of aromatic amines is 1. The maximum atomic E-state index is 5.22. The van der Waals surface area contributed by atoms with Crippen molar-refractivity contribution < 1.29 is 4.74 Å². The quantitative estimate of drug-likeness (QED) is 0.537. The Bertz CT molecular complexity index is 777. The highest BCUT2D eigenvalue weighted by Crippen LogP contribution is 2.29. The second-order valence-electron chi connectivity index (χ2n) is 4.80. The summed E-state index contributed by atoms with van der Waals surface area (Å²) >= 11 is 1.63. The highest BCUT2D eigenvalue weighted by atomic mass is 32.2. The number of fused-ring (bicyclic) bond motifs is 1. The molecule has 0 fully saturated rings. The molecular formula is C16H18N4OS. The number of hydrogen-bond donors (Lipinski definition) is 1. The topological polar surface area (TPSA) is 55.7 Å². The van der Waals surface area contributed by atoms with Gasteiger partial charge >= 0.3 is 0 Å². The summed E-state index contributed by atoms with van der Waals surface area (Å²) in [4.78, 5) is 3.29. The van der Waals surface area contributed by atoms with Crippen LogP contribution in [-0.2, 0) is 11.3 Å². The predicted octanol–water partition coefficient (Wildman–Crippen LogP) is 3.35. The molecule has 1 N–H and O–H groups in total. The van der Waals surface area contributed by atoms with Gasteiger partial charge in [-0.05, 0) is 6.07 Å². The molecule has 0 amide bonds. The van der Waals surface area contributed by atoms with Crippen LogP contribution in [0.25, 0.3) is 22.3 Å². The first kappa shape index (κ1) is 14.9. The van der Waals surface area contributed by atoms with E-state index in [4.69, 9.17) is 4.74 Å². The smallest absolute Gasteiger partial charge is 0.191 e. The number of para-hydroxylation sites is 1. The minimum Gasteiger partial charge on any atom is -0.383 e. The van der Waals surface area contributed by atoms with Gasteiger partial charge in [0, 0.05) is 35.5 Å². The average molecular weight is 314 g/mol. The van der Waals surface area contributed by atoms with Crippen LogP contribution in [0.3, 0.4) is 0 Å². The molecule has 0 saturated heterocycles. The molecule has 5 nitrogen and oxygen atoms in total. The summed E-state index contributed by atoms with van der Waals surface area (Å²) in [7, 11) is 1.70. The molecule has 0 bridgehead atoms. The number of benzene rings is 1. The average Bonchev–Trinajstić information content (AvgIpc) is 3.14. The largest absolute Gasteiger partial charge is 0.383 e. The first-order chi connectivity index (χ1) is 10.8. The molecule has 0 saturated carbocycles.